The van der Waals surface area contributed by atoms with E-state index in [9.17, 15) is 4.79 Å². The lowest BCUT2D eigenvalue weighted by atomic mass is 10.2. The molecule has 4 aromatic rings. The Morgan fingerprint density at radius 2 is 1.79 bits per heavy atom. The van der Waals surface area contributed by atoms with Crippen LogP contribution in [0.3, 0.4) is 0 Å². The molecule has 0 unspecified atom stereocenters. The molecule has 0 spiro atoms. The minimum absolute atomic E-state index is 0.242. The molecule has 0 fully saturated rings. The van der Waals surface area contributed by atoms with E-state index in [1.54, 1.807) is 4.68 Å². The lowest BCUT2D eigenvalue weighted by Crippen LogP contribution is -2.14. The largest absolute Gasteiger partial charge is 0.296 e. The number of nitrogens with zero attached hydrogens (tertiary/aromatic N) is 4. The summed E-state index contributed by atoms with van der Waals surface area (Å²) in [5.41, 5.74) is 3.77. The van der Waals surface area contributed by atoms with E-state index in [2.05, 4.69) is 35.7 Å². The SMILES string of the molecule is Cc1nn(-c2ccc(Br)cc2)c(C)c1C(=O)Nc1nc(-c2ccccc2)ns1. The van der Waals surface area contributed by atoms with Crippen molar-refractivity contribution < 1.29 is 4.79 Å². The van der Waals surface area contributed by atoms with E-state index in [1.807, 2.05) is 68.4 Å². The summed E-state index contributed by atoms with van der Waals surface area (Å²) in [4.78, 5) is 17.3. The van der Waals surface area contributed by atoms with Gasteiger partial charge in [-0.25, -0.2) is 4.68 Å². The summed E-state index contributed by atoms with van der Waals surface area (Å²) in [5, 5.41) is 7.84. The molecule has 0 saturated heterocycles. The van der Waals surface area contributed by atoms with E-state index < -0.39 is 0 Å². The predicted octanol–water partition coefficient (Wildman–Crippen LogP) is 5.02. The topological polar surface area (TPSA) is 72.7 Å². The predicted molar refractivity (Wildman–Crippen MR) is 114 cm³/mol. The van der Waals surface area contributed by atoms with E-state index in [0.29, 0.717) is 22.2 Å². The molecule has 4 rings (SSSR count). The van der Waals surface area contributed by atoms with Crippen LogP contribution in [0.1, 0.15) is 21.7 Å². The van der Waals surface area contributed by atoms with E-state index in [0.717, 1.165) is 32.9 Å². The van der Waals surface area contributed by atoms with Crippen LogP contribution in [-0.4, -0.2) is 25.0 Å². The molecule has 0 aliphatic rings. The van der Waals surface area contributed by atoms with Crippen LogP contribution in [0.5, 0.6) is 0 Å². The molecule has 8 heteroatoms. The zero-order chi connectivity index (χ0) is 19.7. The van der Waals surface area contributed by atoms with Crippen LogP contribution < -0.4 is 5.32 Å². The fraction of sp³-hybridized carbons (Fsp3) is 0.100. The summed E-state index contributed by atoms with van der Waals surface area (Å²) in [6.45, 7) is 3.71. The van der Waals surface area contributed by atoms with E-state index in [4.69, 9.17) is 0 Å². The van der Waals surface area contributed by atoms with Crippen molar-refractivity contribution in [3.05, 3.63) is 76.0 Å². The number of carbonyl (C=O) groups excluding carboxylic acids is 1. The molecule has 1 N–H and O–H groups in total. The zero-order valence-electron chi connectivity index (χ0n) is 15.2. The van der Waals surface area contributed by atoms with Crippen LogP contribution in [-0.2, 0) is 0 Å². The summed E-state index contributed by atoms with van der Waals surface area (Å²) in [6.07, 6.45) is 0. The maximum atomic E-state index is 12.9. The fourth-order valence-electron chi connectivity index (χ4n) is 2.94. The molecule has 2 heterocycles. The van der Waals surface area contributed by atoms with Crippen molar-refractivity contribution in [1.82, 2.24) is 19.1 Å². The molecule has 0 bridgehead atoms. The number of aryl methyl sites for hydroxylation is 1. The first-order valence-electron chi connectivity index (χ1n) is 8.55. The molecule has 28 heavy (non-hydrogen) atoms. The van der Waals surface area contributed by atoms with Gasteiger partial charge in [0.25, 0.3) is 5.91 Å². The number of hydrogen-bond acceptors (Lipinski definition) is 5. The van der Waals surface area contributed by atoms with Crippen LogP contribution in [0.4, 0.5) is 5.13 Å². The number of nitrogens with one attached hydrogen (secondary N) is 1. The van der Waals surface area contributed by atoms with Gasteiger partial charge in [0, 0.05) is 21.6 Å². The highest BCUT2D eigenvalue weighted by atomic mass is 79.9. The molecule has 1 amide bonds. The van der Waals surface area contributed by atoms with Gasteiger partial charge in [0.1, 0.15) is 0 Å². The quantitative estimate of drug-likeness (QED) is 0.470. The highest BCUT2D eigenvalue weighted by molar-refractivity contribution is 9.10. The molecular weight excluding hydrogens is 438 g/mol. The first-order valence-corrected chi connectivity index (χ1v) is 10.1. The highest BCUT2D eigenvalue weighted by Gasteiger charge is 2.21. The Bertz CT molecular complexity index is 1140. The number of aromatic nitrogens is 4. The second-order valence-electron chi connectivity index (χ2n) is 6.18. The van der Waals surface area contributed by atoms with Crippen LogP contribution in [0, 0.1) is 13.8 Å². The summed E-state index contributed by atoms with van der Waals surface area (Å²) >= 11 is 4.59. The molecule has 2 aromatic carbocycles. The van der Waals surface area contributed by atoms with Gasteiger partial charge in [0.2, 0.25) is 5.13 Å². The number of rotatable bonds is 4. The molecule has 0 aliphatic carbocycles. The molecule has 140 valence electrons. The first kappa shape index (κ1) is 18.5. The Balaban J connectivity index is 1.59. The van der Waals surface area contributed by atoms with Gasteiger partial charge in [0.05, 0.1) is 22.6 Å². The number of carbonyl (C=O) groups is 1. The van der Waals surface area contributed by atoms with Gasteiger partial charge in [-0.15, -0.1) is 0 Å². The molecule has 0 radical (unpaired) electrons. The van der Waals surface area contributed by atoms with Crippen LogP contribution in [0.15, 0.2) is 59.1 Å². The Morgan fingerprint density at radius 3 is 2.50 bits per heavy atom. The molecular formula is C20H16BrN5OS. The van der Waals surface area contributed by atoms with Crippen molar-refractivity contribution >= 4 is 38.5 Å². The average molecular weight is 454 g/mol. The third-order valence-electron chi connectivity index (χ3n) is 4.27. The molecule has 0 saturated carbocycles. The number of amides is 1. The zero-order valence-corrected chi connectivity index (χ0v) is 17.6. The number of halogens is 1. The smallest absolute Gasteiger partial charge is 0.261 e. The normalized spacial score (nSPS) is 10.8. The van der Waals surface area contributed by atoms with Crippen molar-refractivity contribution in [2.75, 3.05) is 5.32 Å². The highest BCUT2D eigenvalue weighted by Crippen LogP contribution is 2.24. The monoisotopic (exact) mass is 453 g/mol. The summed E-state index contributed by atoms with van der Waals surface area (Å²) in [7, 11) is 0. The third-order valence-corrected chi connectivity index (χ3v) is 5.43. The minimum atomic E-state index is -0.242. The lowest BCUT2D eigenvalue weighted by Gasteiger charge is -2.05. The molecule has 2 aromatic heterocycles. The van der Waals surface area contributed by atoms with Crippen LogP contribution in [0.25, 0.3) is 17.1 Å². The number of anilines is 1. The Morgan fingerprint density at radius 1 is 1.07 bits per heavy atom. The number of benzene rings is 2. The summed E-state index contributed by atoms with van der Waals surface area (Å²) in [6, 6.07) is 17.4. The van der Waals surface area contributed by atoms with E-state index >= 15 is 0 Å². The van der Waals surface area contributed by atoms with Crippen molar-refractivity contribution in [2.24, 2.45) is 0 Å². The van der Waals surface area contributed by atoms with Gasteiger partial charge in [0.15, 0.2) is 5.82 Å². The van der Waals surface area contributed by atoms with Gasteiger partial charge in [-0.05, 0) is 38.1 Å². The van der Waals surface area contributed by atoms with E-state index in [-0.39, 0.29) is 5.91 Å². The second kappa shape index (κ2) is 7.65. The van der Waals surface area contributed by atoms with Gasteiger partial charge < -0.3 is 0 Å². The molecule has 0 atom stereocenters. The van der Waals surface area contributed by atoms with Crippen molar-refractivity contribution in [3.63, 3.8) is 0 Å². The van der Waals surface area contributed by atoms with E-state index in [1.165, 1.54) is 0 Å². The molecule has 6 nitrogen and oxygen atoms in total. The van der Waals surface area contributed by atoms with Gasteiger partial charge in [-0.1, -0.05) is 46.3 Å². The second-order valence-corrected chi connectivity index (χ2v) is 7.84. The third kappa shape index (κ3) is 3.61. The van der Waals surface area contributed by atoms with Gasteiger partial charge in [-0.3, -0.25) is 10.1 Å². The van der Waals surface area contributed by atoms with Crippen LogP contribution >= 0.6 is 27.5 Å². The standard InChI is InChI=1S/C20H16BrN5OS/c1-12-17(13(2)26(24-12)16-10-8-15(21)9-11-16)19(27)23-20-22-18(25-28-20)14-6-4-3-5-7-14/h3-11H,1-2H3,(H,22,23,25,27). The van der Waals surface area contributed by atoms with Crippen molar-refractivity contribution in [3.8, 4) is 17.1 Å². The Kier molecular flexibility index (Phi) is 5.06. The number of hydrogen-bond donors (Lipinski definition) is 1. The first-order chi connectivity index (χ1) is 13.5. The lowest BCUT2D eigenvalue weighted by molar-refractivity contribution is 0.102. The fourth-order valence-corrected chi connectivity index (χ4v) is 3.79. The Labute approximate surface area is 174 Å². The summed E-state index contributed by atoms with van der Waals surface area (Å²) < 4.78 is 7.09. The minimum Gasteiger partial charge on any atom is -0.296 e. The maximum Gasteiger partial charge on any atom is 0.261 e. The van der Waals surface area contributed by atoms with Crippen molar-refractivity contribution in [1.29, 1.82) is 0 Å². The Hall–Kier alpha value is -2.84. The van der Waals surface area contributed by atoms with Gasteiger partial charge in [-0.2, -0.15) is 14.5 Å². The molecule has 0 aliphatic heterocycles. The van der Waals surface area contributed by atoms with Crippen molar-refractivity contribution in [2.45, 2.75) is 13.8 Å². The van der Waals surface area contributed by atoms with Gasteiger partial charge >= 0.3 is 0 Å². The average Bonchev–Trinajstić information content (AvgIpc) is 3.27. The maximum absolute atomic E-state index is 12.9. The van der Waals surface area contributed by atoms with Crippen LogP contribution in [0.2, 0.25) is 0 Å². The summed E-state index contributed by atoms with van der Waals surface area (Å²) in [5.74, 6) is 0.356.